The Morgan fingerprint density at radius 3 is 2.32 bits per heavy atom. The van der Waals surface area contributed by atoms with Gasteiger partial charge in [0.2, 0.25) is 5.91 Å². The number of piperidine rings is 1. The van der Waals surface area contributed by atoms with Crippen molar-refractivity contribution in [1.29, 1.82) is 0 Å². The van der Waals surface area contributed by atoms with Crippen molar-refractivity contribution in [3.05, 3.63) is 0 Å². The molecule has 1 heterocycles. The first-order valence-corrected chi connectivity index (χ1v) is 8.71. The lowest BCUT2D eigenvalue weighted by Crippen LogP contribution is -2.52. The number of aliphatic hydroxyl groups is 1. The summed E-state index contributed by atoms with van der Waals surface area (Å²) >= 11 is 0. The molecular weight excluding hydrogens is 282 g/mol. The number of carboxylic acid groups (broad SMARTS) is 1. The molecule has 2 fully saturated rings. The Morgan fingerprint density at radius 1 is 1.23 bits per heavy atom. The number of carbonyl (C=O) groups is 2. The average Bonchev–Trinajstić information content (AvgIpc) is 3.00. The SMILES string of the molecule is CCCC(CC1CCCC1)C(=O)N1CCC(O)(C(=O)O)CC1. The summed E-state index contributed by atoms with van der Waals surface area (Å²) in [5.74, 6) is -0.248. The van der Waals surface area contributed by atoms with E-state index in [-0.39, 0.29) is 24.7 Å². The highest BCUT2D eigenvalue weighted by Gasteiger charge is 2.41. The molecular formula is C17H29NO4. The molecule has 2 rings (SSSR count). The predicted octanol–water partition coefficient (Wildman–Crippen LogP) is 2.42. The lowest BCUT2D eigenvalue weighted by atomic mass is 9.87. The van der Waals surface area contributed by atoms with Gasteiger partial charge in [-0.15, -0.1) is 0 Å². The maximum atomic E-state index is 12.8. The van der Waals surface area contributed by atoms with Crippen molar-refractivity contribution in [2.75, 3.05) is 13.1 Å². The Hall–Kier alpha value is -1.10. The molecule has 1 aliphatic heterocycles. The van der Waals surface area contributed by atoms with E-state index in [1.807, 2.05) is 0 Å². The molecule has 2 N–H and O–H groups in total. The van der Waals surface area contributed by atoms with E-state index >= 15 is 0 Å². The van der Waals surface area contributed by atoms with E-state index in [1.54, 1.807) is 4.90 Å². The topological polar surface area (TPSA) is 77.8 Å². The first-order valence-electron chi connectivity index (χ1n) is 8.71. The molecule has 0 aromatic rings. The van der Waals surface area contributed by atoms with Crippen LogP contribution in [0.1, 0.15) is 64.7 Å². The van der Waals surface area contributed by atoms with Crippen molar-refractivity contribution < 1.29 is 19.8 Å². The molecule has 1 atom stereocenters. The van der Waals surface area contributed by atoms with Crippen molar-refractivity contribution >= 4 is 11.9 Å². The van der Waals surface area contributed by atoms with Gasteiger partial charge in [0.25, 0.3) is 0 Å². The van der Waals surface area contributed by atoms with Crippen LogP contribution in [0.15, 0.2) is 0 Å². The number of hydrogen-bond donors (Lipinski definition) is 2. The first-order chi connectivity index (χ1) is 10.5. The van der Waals surface area contributed by atoms with Crippen molar-refractivity contribution in [3.63, 3.8) is 0 Å². The third-order valence-electron chi connectivity index (χ3n) is 5.38. The molecule has 0 aromatic heterocycles. The maximum Gasteiger partial charge on any atom is 0.335 e. The number of aliphatic carboxylic acids is 1. The molecule has 0 aromatic carbocycles. The molecule has 1 saturated carbocycles. The van der Waals surface area contributed by atoms with E-state index in [0.717, 1.165) is 19.3 Å². The van der Waals surface area contributed by atoms with E-state index in [2.05, 4.69) is 6.92 Å². The van der Waals surface area contributed by atoms with Crippen molar-refractivity contribution in [2.45, 2.75) is 70.3 Å². The van der Waals surface area contributed by atoms with Crippen LogP contribution in [0.4, 0.5) is 0 Å². The molecule has 5 heteroatoms. The number of carbonyl (C=O) groups excluding carboxylic acids is 1. The highest BCUT2D eigenvalue weighted by molar-refractivity contribution is 5.81. The van der Waals surface area contributed by atoms with Gasteiger partial charge in [-0.3, -0.25) is 4.79 Å². The molecule has 2 aliphatic rings. The van der Waals surface area contributed by atoms with Crippen LogP contribution in [0.25, 0.3) is 0 Å². The predicted molar refractivity (Wildman–Crippen MR) is 83.4 cm³/mol. The molecule has 126 valence electrons. The molecule has 5 nitrogen and oxygen atoms in total. The summed E-state index contributed by atoms with van der Waals surface area (Å²) < 4.78 is 0. The van der Waals surface area contributed by atoms with Crippen molar-refractivity contribution in [1.82, 2.24) is 4.90 Å². The molecule has 1 amide bonds. The number of likely N-dealkylation sites (tertiary alicyclic amines) is 1. The fourth-order valence-corrected chi connectivity index (χ4v) is 3.91. The number of rotatable bonds is 6. The van der Waals surface area contributed by atoms with Crippen LogP contribution in [0.2, 0.25) is 0 Å². The summed E-state index contributed by atoms with van der Waals surface area (Å²) in [6, 6.07) is 0. The molecule has 1 unspecified atom stereocenters. The molecule has 22 heavy (non-hydrogen) atoms. The lowest BCUT2D eigenvalue weighted by Gasteiger charge is -2.37. The van der Waals surface area contributed by atoms with Gasteiger partial charge in [0.1, 0.15) is 0 Å². The fourth-order valence-electron chi connectivity index (χ4n) is 3.91. The largest absolute Gasteiger partial charge is 0.479 e. The minimum absolute atomic E-state index is 0.0733. The molecule has 0 radical (unpaired) electrons. The second kappa shape index (κ2) is 7.44. The van der Waals surface area contributed by atoms with Crippen LogP contribution >= 0.6 is 0 Å². The summed E-state index contributed by atoms with van der Waals surface area (Å²) in [6.45, 7) is 2.81. The summed E-state index contributed by atoms with van der Waals surface area (Å²) in [4.78, 5) is 25.6. The van der Waals surface area contributed by atoms with Gasteiger partial charge in [-0.25, -0.2) is 4.79 Å². The van der Waals surface area contributed by atoms with Gasteiger partial charge in [0, 0.05) is 31.8 Å². The third kappa shape index (κ3) is 4.00. The Kier molecular flexibility index (Phi) is 5.84. The van der Waals surface area contributed by atoms with E-state index in [0.29, 0.717) is 19.0 Å². The van der Waals surface area contributed by atoms with Gasteiger partial charge >= 0.3 is 5.97 Å². The zero-order valence-electron chi connectivity index (χ0n) is 13.6. The third-order valence-corrected chi connectivity index (χ3v) is 5.38. The van der Waals surface area contributed by atoms with Crippen LogP contribution in [-0.2, 0) is 9.59 Å². The molecule has 1 aliphatic carbocycles. The highest BCUT2D eigenvalue weighted by atomic mass is 16.4. The van der Waals surface area contributed by atoms with Crippen LogP contribution in [0, 0.1) is 11.8 Å². The summed E-state index contributed by atoms with van der Waals surface area (Å²) in [6.07, 6.45) is 8.21. The van der Waals surface area contributed by atoms with Crippen LogP contribution in [0.5, 0.6) is 0 Å². The minimum atomic E-state index is -1.65. The van der Waals surface area contributed by atoms with E-state index in [1.165, 1.54) is 25.7 Å². The zero-order chi connectivity index (χ0) is 16.2. The summed E-state index contributed by atoms with van der Waals surface area (Å²) in [7, 11) is 0. The minimum Gasteiger partial charge on any atom is -0.479 e. The summed E-state index contributed by atoms with van der Waals surface area (Å²) in [5, 5.41) is 19.0. The number of hydrogen-bond acceptors (Lipinski definition) is 3. The fraction of sp³-hybridized carbons (Fsp3) is 0.882. The monoisotopic (exact) mass is 311 g/mol. The number of nitrogens with zero attached hydrogens (tertiary/aromatic N) is 1. The van der Waals surface area contributed by atoms with E-state index < -0.39 is 11.6 Å². The molecule has 0 bridgehead atoms. The van der Waals surface area contributed by atoms with Crippen molar-refractivity contribution in [3.8, 4) is 0 Å². The van der Waals surface area contributed by atoms with Gasteiger partial charge in [0.05, 0.1) is 0 Å². The van der Waals surface area contributed by atoms with Crippen LogP contribution in [0.3, 0.4) is 0 Å². The van der Waals surface area contributed by atoms with Gasteiger partial charge in [0.15, 0.2) is 5.60 Å². The zero-order valence-corrected chi connectivity index (χ0v) is 13.6. The molecule has 1 saturated heterocycles. The number of amides is 1. The Bertz CT molecular complexity index is 395. The Balaban J connectivity index is 1.91. The van der Waals surface area contributed by atoms with Crippen LogP contribution in [-0.4, -0.2) is 45.7 Å². The second-order valence-corrected chi connectivity index (χ2v) is 7.03. The Morgan fingerprint density at radius 2 is 1.82 bits per heavy atom. The molecule has 0 spiro atoms. The van der Waals surface area contributed by atoms with Gasteiger partial charge < -0.3 is 15.1 Å². The quantitative estimate of drug-likeness (QED) is 0.789. The van der Waals surface area contributed by atoms with Gasteiger partial charge in [-0.2, -0.15) is 0 Å². The number of carboxylic acids is 1. The van der Waals surface area contributed by atoms with E-state index in [9.17, 15) is 14.7 Å². The second-order valence-electron chi connectivity index (χ2n) is 7.03. The van der Waals surface area contributed by atoms with Crippen molar-refractivity contribution in [2.24, 2.45) is 11.8 Å². The van der Waals surface area contributed by atoms with Crippen LogP contribution < -0.4 is 0 Å². The highest BCUT2D eigenvalue weighted by Crippen LogP contribution is 2.33. The van der Waals surface area contributed by atoms with E-state index in [4.69, 9.17) is 5.11 Å². The van der Waals surface area contributed by atoms with Gasteiger partial charge in [-0.1, -0.05) is 39.0 Å². The first kappa shape index (κ1) is 17.3. The normalized spacial score (nSPS) is 23.5. The van der Waals surface area contributed by atoms with Gasteiger partial charge in [-0.05, 0) is 18.8 Å². The average molecular weight is 311 g/mol. The smallest absolute Gasteiger partial charge is 0.335 e. The lowest BCUT2D eigenvalue weighted by molar-refractivity contribution is -0.166. The Labute approximate surface area is 132 Å². The summed E-state index contributed by atoms with van der Waals surface area (Å²) in [5.41, 5.74) is -1.65. The standard InChI is InChI=1S/C17H29NO4/c1-2-5-14(12-13-6-3-4-7-13)15(19)18-10-8-17(22,9-11-18)16(20)21/h13-14,22H,2-12H2,1H3,(H,20,21). The maximum absolute atomic E-state index is 12.8.